The first-order valence-corrected chi connectivity index (χ1v) is 8.42. The molecule has 1 aliphatic heterocycles. The first-order chi connectivity index (χ1) is 11.6. The lowest BCUT2D eigenvalue weighted by Gasteiger charge is -2.32. The number of benzene rings is 1. The molecule has 0 N–H and O–H groups in total. The average molecular weight is 324 g/mol. The molecule has 2 aromatic rings. The van der Waals surface area contributed by atoms with Crippen molar-refractivity contribution >= 4 is 5.91 Å². The van der Waals surface area contributed by atoms with Crippen LogP contribution in [0.5, 0.6) is 0 Å². The van der Waals surface area contributed by atoms with Gasteiger partial charge in [-0.25, -0.2) is 9.97 Å². The second-order valence-corrected chi connectivity index (χ2v) is 6.66. The normalized spacial score (nSPS) is 18.0. The Kier molecular flexibility index (Phi) is 5.20. The molecule has 0 aliphatic carbocycles. The standard InChI is InChI=1S/C19H24N4O/c1-22(2)12-15-5-7-16(8-6-15)19(24)23-11-3-4-17(13-23)18-9-10-20-14-21-18/h5-10,14,17H,3-4,11-13H2,1-2H3/t17-/m1/s1. The molecular formula is C19H24N4O. The summed E-state index contributed by atoms with van der Waals surface area (Å²) < 4.78 is 0. The van der Waals surface area contributed by atoms with Gasteiger partial charge in [-0.15, -0.1) is 0 Å². The summed E-state index contributed by atoms with van der Waals surface area (Å²) in [5, 5.41) is 0. The van der Waals surface area contributed by atoms with Crippen LogP contribution in [0.25, 0.3) is 0 Å². The minimum absolute atomic E-state index is 0.116. The van der Waals surface area contributed by atoms with Crippen LogP contribution >= 0.6 is 0 Å². The van der Waals surface area contributed by atoms with Gasteiger partial charge in [0.2, 0.25) is 0 Å². The van der Waals surface area contributed by atoms with Gasteiger partial charge in [-0.05, 0) is 50.7 Å². The maximum atomic E-state index is 12.8. The monoisotopic (exact) mass is 324 g/mol. The second kappa shape index (κ2) is 7.53. The highest BCUT2D eigenvalue weighted by Gasteiger charge is 2.26. The molecule has 5 nitrogen and oxygen atoms in total. The van der Waals surface area contributed by atoms with Crippen LogP contribution in [0.3, 0.4) is 0 Å². The number of nitrogens with zero attached hydrogens (tertiary/aromatic N) is 4. The van der Waals surface area contributed by atoms with E-state index in [1.807, 2.05) is 49.3 Å². The van der Waals surface area contributed by atoms with E-state index < -0.39 is 0 Å². The molecular weight excluding hydrogens is 300 g/mol. The lowest BCUT2D eigenvalue weighted by atomic mass is 9.94. The highest BCUT2D eigenvalue weighted by Crippen LogP contribution is 2.26. The zero-order valence-corrected chi connectivity index (χ0v) is 14.4. The molecule has 2 heterocycles. The summed E-state index contributed by atoms with van der Waals surface area (Å²) in [4.78, 5) is 25.2. The summed E-state index contributed by atoms with van der Waals surface area (Å²) in [5.41, 5.74) is 3.01. The molecule has 1 atom stereocenters. The second-order valence-electron chi connectivity index (χ2n) is 6.66. The molecule has 0 radical (unpaired) electrons. The van der Waals surface area contributed by atoms with E-state index in [-0.39, 0.29) is 5.91 Å². The van der Waals surface area contributed by atoms with Crippen LogP contribution in [0.15, 0.2) is 42.9 Å². The predicted octanol–water partition coefficient (Wildman–Crippen LogP) is 2.56. The molecule has 1 fully saturated rings. The van der Waals surface area contributed by atoms with Crippen LogP contribution in [0, 0.1) is 0 Å². The Hall–Kier alpha value is -2.27. The summed E-state index contributed by atoms with van der Waals surface area (Å²) >= 11 is 0. The Balaban J connectivity index is 1.68. The Morgan fingerprint density at radius 1 is 1.25 bits per heavy atom. The molecule has 0 saturated carbocycles. The number of amides is 1. The van der Waals surface area contributed by atoms with E-state index in [9.17, 15) is 4.79 Å². The van der Waals surface area contributed by atoms with Gasteiger partial charge < -0.3 is 9.80 Å². The van der Waals surface area contributed by atoms with Crippen LogP contribution in [-0.4, -0.2) is 52.9 Å². The Morgan fingerprint density at radius 2 is 2.04 bits per heavy atom. The summed E-state index contributed by atoms with van der Waals surface area (Å²) in [6.45, 7) is 2.43. The SMILES string of the molecule is CN(C)Cc1ccc(C(=O)N2CCC[C@@H](c3ccncn3)C2)cc1. The van der Waals surface area contributed by atoms with Crippen molar-refractivity contribution in [2.24, 2.45) is 0 Å². The number of likely N-dealkylation sites (tertiary alicyclic amines) is 1. The molecule has 5 heteroatoms. The van der Waals surface area contributed by atoms with Gasteiger partial charge in [-0.2, -0.15) is 0 Å². The maximum Gasteiger partial charge on any atom is 0.253 e. The maximum absolute atomic E-state index is 12.8. The third kappa shape index (κ3) is 3.97. The van der Waals surface area contributed by atoms with Crippen molar-refractivity contribution in [3.05, 3.63) is 59.7 Å². The van der Waals surface area contributed by atoms with Gasteiger partial charge in [0.15, 0.2) is 0 Å². The molecule has 3 rings (SSSR count). The van der Waals surface area contributed by atoms with E-state index in [1.165, 1.54) is 5.56 Å². The van der Waals surface area contributed by atoms with Crippen molar-refractivity contribution < 1.29 is 4.79 Å². The highest BCUT2D eigenvalue weighted by atomic mass is 16.2. The van der Waals surface area contributed by atoms with Crippen LogP contribution in [0.1, 0.15) is 40.4 Å². The molecule has 0 unspecified atom stereocenters. The number of aromatic nitrogens is 2. The van der Waals surface area contributed by atoms with Crippen molar-refractivity contribution in [3.8, 4) is 0 Å². The third-order valence-electron chi connectivity index (χ3n) is 4.43. The topological polar surface area (TPSA) is 49.3 Å². The Morgan fingerprint density at radius 3 is 2.71 bits per heavy atom. The summed E-state index contributed by atoms with van der Waals surface area (Å²) in [5.74, 6) is 0.420. The smallest absolute Gasteiger partial charge is 0.253 e. The predicted molar refractivity (Wildman–Crippen MR) is 93.7 cm³/mol. The fraction of sp³-hybridized carbons (Fsp3) is 0.421. The molecule has 1 aromatic carbocycles. The first kappa shape index (κ1) is 16.6. The Labute approximate surface area is 143 Å². The number of rotatable bonds is 4. The Bertz CT molecular complexity index is 670. The molecule has 126 valence electrons. The summed E-state index contributed by atoms with van der Waals surface area (Å²) in [6.07, 6.45) is 5.44. The molecule has 0 spiro atoms. The van der Waals surface area contributed by atoms with Gasteiger partial charge in [-0.3, -0.25) is 4.79 Å². The van der Waals surface area contributed by atoms with E-state index >= 15 is 0 Å². The summed E-state index contributed by atoms with van der Waals surface area (Å²) in [6, 6.07) is 9.91. The van der Waals surface area contributed by atoms with Gasteiger partial charge in [0.1, 0.15) is 6.33 Å². The molecule has 0 bridgehead atoms. The van der Waals surface area contributed by atoms with Gasteiger partial charge in [0, 0.05) is 43.0 Å². The van der Waals surface area contributed by atoms with Crippen molar-refractivity contribution in [1.82, 2.24) is 19.8 Å². The zero-order valence-electron chi connectivity index (χ0n) is 14.4. The number of carbonyl (C=O) groups is 1. The molecule has 1 aliphatic rings. The fourth-order valence-electron chi connectivity index (χ4n) is 3.25. The molecule has 1 aromatic heterocycles. The van der Waals surface area contributed by atoms with Gasteiger partial charge in [-0.1, -0.05) is 12.1 Å². The van der Waals surface area contributed by atoms with Crippen LogP contribution < -0.4 is 0 Å². The van der Waals surface area contributed by atoms with Gasteiger partial charge >= 0.3 is 0 Å². The van der Waals surface area contributed by atoms with Crippen molar-refractivity contribution in [1.29, 1.82) is 0 Å². The van der Waals surface area contributed by atoms with Crippen LogP contribution in [0.2, 0.25) is 0 Å². The first-order valence-electron chi connectivity index (χ1n) is 8.42. The lowest BCUT2D eigenvalue weighted by Crippen LogP contribution is -2.39. The third-order valence-corrected chi connectivity index (χ3v) is 4.43. The van der Waals surface area contributed by atoms with E-state index in [0.29, 0.717) is 5.92 Å². The quantitative estimate of drug-likeness (QED) is 0.867. The number of hydrogen-bond acceptors (Lipinski definition) is 4. The number of hydrogen-bond donors (Lipinski definition) is 0. The minimum atomic E-state index is 0.116. The van der Waals surface area contributed by atoms with E-state index in [0.717, 1.165) is 43.7 Å². The number of piperidine rings is 1. The summed E-state index contributed by atoms with van der Waals surface area (Å²) in [7, 11) is 4.08. The molecule has 1 amide bonds. The van der Waals surface area contributed by atoms with E-state index in [2.05, 4.69) is 14.9 Å². The van der Waals surface area contributed by atoms with Gasteiger partial charge in [0.25, 0.3) is 5.91 Å². The van der Waals surface area contributed by atoms with Crippen molar-refractivity contribution in [2.45, 2.75) is 25.3 Å². The van der Waals surface area contributed by atoms with Gasteiger partial charge in [0.05, 0.1) is 0 Å². The zero-order chi connectivity index (χ0) is 16.9. The minimum Gasteiger partial charge on any atom is -0.338 e. The van der Waals surface area contributed by atoms with E-state index in [4.69, 9.17) is 0 Å². The number of carbonyl (C=O) groups excluding carboxylic acids is 1. The molecule has 1 saturated heterocycles. The van der Waals surface area contributed by atoms with Crippen LogP contribution in [-0.2, 0) is 6.54 Å². The van der Waals surface area contributed by atoms with Crippen molar-refractivity contribution in [3.63, 3.8) is 0 Å². The van der Waals surface area contributed by atoms with Crippen LogP contribution in [0.4, 0.5) is 0 Å². The largest absolute Gasteiger partial charge is 0.338 e. The molecule has 24 heavy (non-hydrogen) atoms. The average Bonchev–Trinajstić information content (AvgIpc) is 2.62. The van der Waals surface area contributed by atoms with Crippen molar-refractivity contribution in [2.75, 3.05) is 27.2 Å². The van der Waals surface area contributed by atoms with E-state index in [1.54, 1.807) is 12.5 Å². The fourth-order valence-corrected chi connectivity index (χ4v) is 3.25. The lowest BCUT2D eigenvalue weighted by molar-refractivity contribution is 0.0706. The highest BCUT2D eigenvalue weighted by molar-refractivity contribution is 5.94.